The fraction of sp³-hybridized carbons (Fsp3) is 0.348. The number of likely N-dealkylation sites (tertiary alicyclic amines) is 1. The Balaban J connectivity index is 1.60. The zero-order valence-electron chi connectivity index (χ0n) is 16.2. The van der Waals surface area contributed by atoms with Gasteiger partial charge in [0.15, 0.2) is 0 Å². The summed E-state index contributed by atoms with van der Waals surface area (Å²) in [5.41, 5.74) is 4.33. The van der Waals surface area contributed by atoms with Gasteiger partial charge in [0.2, 0.25) is 0 Å². The van der Waals surface area contributed by atoms with Gasteiger partial charge in [-0.15, -0.1) is 6.58 Å². The lowest BCUT2D eigenvalue weighted by Gasteiger charge is -2.39. The van der Waals surface area contributed by atoms with Crippen LogP contribution < -0.4 is 10.2 Å². The van der Waals surface area contributed by atoms with E-state index in [-0.39, 0.29) is 11.4 Å². The van der Waals surface area contributed by atoms with Gasteiger partial charge in [-0.05, 0) is 62.7 Å². The van der Waals surface area contributed by atoms with Gasteiger partial charge in [-0.1, -0.05) is 41.4 Å². The van der Waals surface area contributed by atoms with Crippen LogP contribution in [0.2, 0.25) is 5.02 Å². The number of fused-ring (bicyclic) bond motifs is 2. The second-order valence-electron chi connectivity index (χ2n) is 7.92. The number of carbonyl (C=O) groups is 1. The molecule has 28 heavy (non-hydrogen) atoms. The van der Waals surface area contributed by atoms with Gasteiger partial charge in [0.25, 0.3) is 0 Å². The van der Waals surface area contributed by atoms with E-state index in [1.165, 1.54) is 11.1 Å². The van der Waals surface area contributed by atoms with Gasteiger partial charge in [0.05, 0.1) is 0 Å². The molecule has 0 saturated carbocycles. The van der Waals surface area contributed by atoms with Gasteiger partial charge < -0.3 is 5.32 Å². The van der Waals surface area contributed by atoms with Crippen LogP contribution >= 0.6 is 11.6 Å². The van der Waals surface area contributed by atoms with Crippen LogP contribution in [-0.2, 0) is 5.41 Å². The van der Waals surface area contributed by atoms with E-state index in [1.54, 1.807) is 12.1 Å². The standard InChI is InChI=1S/C23H26ClN3O/c1-3-11-26-12-9-23(10-13-26)16-27(21-8-7-17(2)14-20(21)23)22(28)25-19-6-4-5-18(24)15-19/h3-8,14-15H,1,9-13,16H2,2H3,(H,25,28). The molecular formula is C23H26ClN3O. The van der Waals surface area contributed by atoms with Gasteiger partial charge >= 0.3 is 6.03 Å². The van der Waals surface area contributed by atoms with Gasteiger partial charge in [0, 0.05) is 34.9 Å². The van der Waals surface area contributed by atoms with Gasteiger partial charge in [-0.2, -0.15) is 0 Å². The van der Waals surface area contributed by atoms with Crippen molar-refractivity contribution in [2.24, 2.45) is 0 Å². The number of piperidine rings is 1. The molecule has 4 nitrogen and oxygen atoms in total. The molecule has 2 aliphatic rings. The van der Waals surface area contributed by atoms with Gasteiger partial charge in [-0.25, -0.2) is 4.79 Å². The Kier molecular flexibility index (Phi) is 5.17. The smallest absolute Gasteiger partial charge is 0.307 e. The van der Waals surface area contributed by atoms with Crippen molar-refractivity contribution in [2.75, 3.05) is 36.4 Å². The number of hydrogen-bond donors (Lipinski definition) is 1. The number of nitrogens with one attached hydrogen (secondary N) is 1. The minimum Gasteiger partial charge on any atom is -0.307 e. The van der Waals surface area contributed by atoms with Crippen LogP contribution in [0.15, 0.2) is 55.1 Å². The molecule has 0 unspecified atom stereocenters. The van der Waals surface area contributed by atoms with Crippen LogP contribution in [0.25, 0.3) is 0 Å². The second-order valence-corrected chi connectivity index (χ2v) is 8.35. The minimum absolute atomic E-state index is 0.0324. The average molecular weight is 396 g/mol. The summed E-state index contributed by atoms with van der Waals surface area (Å²) >= 11 is 6.07. The third-order valence-corrected chi connectivity index (χ3v) is 6.23. The SMILES string of the molecule is C=CCN1CCC2(CC1)CN(C(=O)Nc1cccc(Cl)c1)c1ccc(C)cc12. The molecule has 0 atom stereocenters. The zero-order valence-corrected chi connectivity index (χ0v) is 17.0. The van der Waals surface area contributed by atoms with Crippen molar-refractivity contribution in [3.8, 4) is 0 Å². The highest BCUT2D eigenvalue weighted by molar-refractivity contribution is 6.30. The van der Waals surface area contributed by atoms with Crippen molar-refractivity contribution in [1.82, 2.24) is 4.90 Å². The van der Waals surface area contributed by atoms with E-state index in [0.717, 1.165) is 44.7 Å². The summed E-state index contributed by atoms with van der Waals surface area (Å²) in [7, 11) is 0. The molecular weight excluding hydrogens is 370 g/mol. The minimum atomic E-state index is -0.0993. The third kappa shape index (κ3) is 3.54. The maximum Gasteiger partial charge on any atom is 0.326 e. The summed E-state index contributed by atoms with van der Waals surface area (Å²) in [6, 6.07) is 13.6. The summed E-state index contributed by atoms with van der Waals surface area (Å²) in [4.78, 5) is 17.4. The molecule has 1 saturated heterocycles. The summed E-state index contributed by atoms with van der Waals surface area (Å²) < 4.78 is 0. The first-order chi connectivity index (χ1) is 13.5. The molecule has 2 heterocycles. The summed E-state index contributed by atoms with van der Waals surface area (Å²) in [6.07, 6.45) is 4.08. The maximum absolute atomic E-state index is 13.1. The largest absolute Gasteiger partial charge is 0.326 e. The number of aryl methyl sites for hydroxylation is 1. The van der Waals surface area contributed by atoms with Crippen molar-refractivity contribution < 1.29 is 4.79 Å². The van der Waals surface area contributed by atoms with Crippen LogP contribution in [0.3, 0.4) is 0 Å². The first-order valence-electron chi connectivity index (χ1n) is 9.79. The number of rotatable bonds is 3. The lowest BCUT2D eigenvalue weighted by atomic mass is 9.74. The van der Waals surface area contributed by atoms with E-state index in [1.807, 2.05) is 23.1 Å². The predicted octanol–water partition coefficient (Wildman–Crippen LogP) is 5.22. The van der Waals surface area contributed by atoms with E-state index >= 15 is 0 Å². The van der Waals surface area contributed by atoms with Crippen molar-refractivity contribution in [3.05, 3.63) is 71.3 Å². The van der Waals surface area contributed by atoms with Crippen molar-refractivity contribution in [1.29, 1.82) is 0 Å². The second kappa shape index (κ2) is 7.61. The molecule has 1 spiro atoms. The van der Waals surface area contributed by atoms with E-state index in [2.05, 4.69) is 41.9 Å². The van der Waals surface area contributed by atoms with Crippen molar-refractivity contribution in [2.45, 2.75) is 25.2 Å². The fourth-order valence-corrected chi connectivity index (χ4v) is 4.69. The number of nitrogens with zero attached hydrogens (tertiary/aromatic N) is 2. The molecule has 2 aromatic carbocycles. The first-order valence-corrected chi connectivity index (χ1v) is 10.2. The van der Waals surface area contributed by atoms with Crippen molar-refractivity contribution in [3.63, 3.8) is 0 Å². The van der Waals surface area contributed by atoms with E-state index < -0.39 is 0 Å². The Morgan fingerprint density at radius 1 is 1.25 bits per heavy atom. The number of benzene rings is 2. The Morgan fingerprint density at radius 3 is 2.75 bits per heavy atom. The Hall–Kier alpha value is -2.30. The van der Waals surface area contributed by atoms with Crippen LogP contribution in [0.4, 0.5) is 16.2 Å². The molecule has 4 rings (SSSR count). The Morgan fingerprint density at radius 2 is 2.04 bits per heavy atom. The molecule has 1 N–H and O–H groups in total. The molecule has 0 bridgehead atoms. The molecule has 5 heteroatoms. The Bertz CT molecular complexity index is 902. The molecule has 0 aromatic heterocycles. The molecule has 2 aromatic rings. The lowest BCUT2D eigenvalue weighted by Crippen LogP contribution is -2.46. The van der Waals surface area contributed by atoms with Crippen LogP contribution in [-0.4, -0.2) is 37.1 Å². The quantitative estimate of drug-likeness (QED) is 0.723. The number of amides is 2. The Labute approximate surface area is 171 Å². The van der Waals surface area contributed by atoms with E-state index in [4.69, 9.17) is 11.6 Å². The molecule has 1 fully saturated rings. The highest BCUT2D eigenvalue weighted by Crippen LogP contribution is 2.47. The summed E-state index contributed by atoms with van der Waals surface area (Å²) in [5, 5.41) is 3.62. The third-order valence-electron chi connectivity index (χ3n) is 6.00. The van der Waals surface area contributed by atoms with Crippen LogP contribution in [0.1, 0.15) is 24.0 Å². The topological polar surface area (TPSA) is 35.6 Å². The molecule has 0 aliphatic carbocycles. The molecule has 146 valence electrons. The zero-order chi connectivity index (χ0) is 19.7. The summed E-state index contributed by atoms with van der Waals surface area (Å²) in [5.74, 6) is 0. The number of hydrogen-bond acceptors (Lipinski definition) is 2. The van der Waals surface area contributed by atoms with Crippen LogP contribution in [0, 0.1) is 6.92 Å². The predicted molar refractivity (Wildman–Crippen MR) is 117 cm³/mol. The van der Waals surface area contributed by atoms with Gasteiger partial charge in [0.1, 0.15) is 0 Å². The number of halogens is 1. The molecule has 2 amide bonds. The van der Waals surface area contributed by atoms with Crippen LogP contribution in [0.5, 0.6) is 0 Å². The highest BCUT2D eigenvalue weighted by Gasteiger charge is 2.46. The van der Waals surface area contributed by atoms with Gasteiger partial charge in [-0.3, -0.25) is 9.80 Å². The first kappa shape index (κ1) is 19.0. The number of carbonyl (C=O) groups excluding carboxylic acids is 1. The monoisotopic (exact) mass is 395 g/mol. The molecule has 2 aliphatic heterocycles. The molecule has 0 radical (unpaired) electrons. The number of anilines is 2. The number of urea groups is 1. The fourth-order valence-electron chi connectivity index (χ4n) is 4.50. The normalized spacial score (nSPS) is 18.1. The van der Waals surface area contributed by atoms with E-state index in [0.29, 0.717) is 10.7 Å². The maximum atomic E-state index is 13.1. The lowest BCUT2D eigenvalue weighted by molar-refractivity contribution is 0.180. The summed E-state index contributed by atoms with van der Waals surface area (Å²) in [6.45, 7) is 9.69. The average Bonchev–Trinajstić information content (AvgIpc) is 2.98. The highest BCUT2D eigenvalue weighted by atomic mass is 35.5. The van der Waals surface area contributed by atoms with E-state index in [9.17, 15) is 4.79 Å². The van der Waals surface area contributed by atoms with Crippen molar-refractivity contribution >= 4 is 29.0 Å².